The van der Waals surface area contributed by atoms with E-state index in [9.17, 15) is 4.79 Å². The van der Waals surface area contributed by atoms with Crippen molar-refractivity contribution >= 4 is 5.97 Å². The fraction of sp³-hybridized carbons (Fsp3) is 0.909. The highest BCUT2D eigenvalue weighted by molar-refractivity contribution is 5.69. The van der Waals surface area contributed by atoms with Crippen molar-refractivity contribution < 1.29 is 9.53 Å². The molecule has 0 heterocycles. The first-order valence-corrected chi connectivity index (χ1v) is 5.94. The van der Waals surface area contributed by atoms with Gasteiger partial charge in [-0.3, -0.25) is 4.79 Å². The molecule has 0 atom stereocenters. The number of nitrogens with one attached hydrogen (secondary N) is 3. The molecule has 3 N–H and O–H groups in total. The van der Waals surface area contributed by atoms with Gasteiger partial charge in [-0.25, -0.2) is 0 Å². The third-order valence-electron chi connectivity index (χ3n) is 2.22. The highest BCUT2D eigenvalue weighted by atomic mass is 16.5. The molecule has 0 radical (unpaired) electrons. The van der Waals surface area contributed by atoms with Crippen LogP contribution >= 0.6 is 0 Å². The molecule has 0 aliphatic carbocycles. The van der Waals surface area contributed by atoms with Crippen LogP contribution in [-0.2, 0) is 9.53 Å². The molecule has 0 aromatic rings. The summed E-state index contributed by atoms with van der Waals surface area (Å²) in [6, 6.07) is 0. The summed E-state index contributed by atoms with van der Waals surface area (Å²) >= 11 is 0. The van der Waals surface area contributed by atoms with Gasteiger partial charge < -0.3 is 20.7 Å². The Morgan fingerprint density at radius 2 is 1.56 bits per heavy atom. The van der Waals surface area contributed by atoms with E-state index in [0.29, 0.717) is 13.0 Å². The van der Waals surface area contributed by atoms with E-state index >= 15 is 0 Å². The zero-order valence-corrected chi connectivity index (χ0v) is 10.5. The number of carbonyl (C=O) groups excluding carboxylic acids is 1. The summed E-state index contributed by atoms with van der Waals surface area (Å²) < 4.78 is 4.54. The number of hydrogen-bond acceptors (Lipinski definition) is 5. The smallest absolute Gasteiger partial charge is 0.306 e. The van der Waals surface area contributed by atoms with Crippen molar-refractivity contribution in [1.29, 1.82) is 0 Å². The average Bonchev–Trinajstić information content (AvgIpc) is 2.31. The van der Waals surface area contributed by atoms with Crippen LogP contribution in [0.25, 0.3) is 0 Å². The van der Waals surface area contributed by atoms with Crippen LogP contribution in [0.15, 0.2) is 0 Å². The van der Waals surface area contributed by atoms with Crippen LogP contribution < -0.4 is 16.0 Å². The maximum absolute atomic E-state index is 10.8. The highest BCUT2D eigenvalue weighted by Gasteiger charge is 1.97. The van der Waals surface area contributed by atoms with Crippen LogP contribution in [-0.4, -0.2) is 52.9 Å². The first-order valence-electron chi connectivity index (χ1n) is 5.94. The Hall–Kier alpha value is -0.650. The predicted octanol–water partition coefficient (Wildman–Crippen LogP) is -0.272. The van der Waals surface area contributed by atoms with Crippen molar-refractivity contribution in [2.45, 2.75) is 19.3 Å². The first kappa shape index (κ1) is 15.3. The largest absolute Gasteiger partial charge is 0.469 e. The number of hydrogen-bond donors (Lipinski definition) is 3. The van der Waals surface area contributed by atoms with Crippen LogP contribution in [0, 0.1) is 0 Å². The highest BCUT2D eigenvalue weighted by Crippen LogP contribution is 1.82. The van der Waals surface area contributed by atoms with Gasteiger partial charge >= 0.3 is 5.97 Å². The van der Waals surface area contributed by atoms with Gasteiger partial charge in [-0.2, -0.15) is 0 Å². The third-order valence-corrected chi connectivity index (χ3v) is 2.22. The SMILES string of the molecule is CNCCCNCCCNCCC(=O)OC. The van der Waals surface area contributed by atoms with Gasteiger partial charge in [0.1, 0.15) is 0 Å². The summed E-state index contributed by atoms with van der Waals surface area (Å²) in [6.45, 7) is 4.78. The Kier molecular flexibility index (Phi) is 11.9. The molecule has 0 aromatic carbocycles. The minimum atomic E-state index is -0.155. The average molecular weight is 231 g/mol. The summed E-state index contributed by atoms with van der Waals surface area (Å²) in [5.41, 5.74) is 0. The molecule has 0 saturated carbocycles. The van der Waals surface area contributed by atoms with Gasteiger partial charge in [0, 0.05) is 6.54 Å². The number of carbonyl (C=O) groups is 1. The van der Waals surface area contributed by atoms with E-state index in [0.717, 1.165) is 39.0 Å². The van der Waals surface area contributed by atoms with Crippen molar-refractivity contribution in [3.05, 3.63) is 0 Å². The maximum atomic E-state index is 10.8. The molecule has 5 heteroatoms. The normalized spacial score (nSPS) is 10.4. The third kappa shape index (κ3) is 11.4. The van der Waals surface area contributed by atoms with E-state index in [-0.39, 0.29) is 5.97 Å². The van der Waals surface area contributed by atoms with Crippen LogP contribution in [0.2, 0.25) is 0 Å². The molecule has 0 amide bonds. The molecule has 5 nitrogen and oxygen atoms in total. The van der Waals surface area contributed by atoms with Gasteiger partial charge in [0.05, 0.1) is 13.5 Å². The molecule has 0 aromatic heterocycles. The van der Waals surface area contributed by atoms with E-state index in [4.69, 9.17) is 0 Å². The number of rotatable bonds is 11. The summed E-state index contributed by atoms with van der Waals surface area (Å²) in [6.07, 6.45) is 2.69. The summed E-state index contributed by atoms with van der Waals surface area (Å²) in [5, 5.41) is 9.67. The fourth-order valence-corrected chi connectivity index (χ4v) is 1.27. The Bertz CT molecular complexity index is 165. The number of esters is 1. The lowest BCUT2D eigenvalue weighted by Gasteiger charge is -2.05. The summed E-state index contributed by atoms with van der Waals surface area (Å²) in [4.78, 5) is 10.8. The lowest BCUT2D eigenvalue weighted by atomic mass is 10.3. The fourth-order valence-electron chi connectivity index (χ4n) is 1.27. The van der Waals surface area contributed by atoms with Crippen molar-refractivity contribution in [2.75, 3.05) is 46.9 Å². The second kappa shape index (κ2) is 12.4. The summed E-state index contributed by atoms with van der Waals surface area (Å²) in [7, 11) is 3.38. The Morgan fingerprint density at radius 3 is 2.12 bits per heavy atom. The van der Waals surface area contributed by atoms with Crippen molar-refractivity contribution in [3.63, 3.8) is 0 Å². The monoisotopic (exact) mass is 231 g/mol. The van der Waals surface area contributed by atoms with Crippen molar-refractivity contribution in [2.24, 2.45) is 0 Å². The van der Waals surface area contributed by atoms with Crippen molar-refractivity contribution in [3.8, 4) is 0 Å². The minimum absolute atomic E-state index is 0.155. The van der Waals surface area contributed by atoms with Crippen LogP contribution in [0.3, 0.4) is 0 Å². The zero-order chi connectivity index (χ0) is 12.1. The molecule has 0 rings (SSSR count). The molecule has 0 fully saturated rings. The Morgan fingerprint density at radius 1 is 1.00 bits per heavy atom. The number of ether oxygens (including phenoxy) is 1. The Labute approximate surface area is 98.3 Å². The van der Waals surface area contributed by atoms with E-state index in [2.05, 4.69) is 20.7 Å². The second-order valence-corrected chi connectivity index (χ2v) is 3.64. The molecule has 96 valence electrons. The molecular weight excluding hydrogens is 206 g/mol. The van der Waals surface area contributed by atoms with Crippen LogP contribution in [0.5, 0.6) is 0 Å². The molecule has 0 unspecified atom stereocenters. The lowest BCUT2D eigenvalue weighted by Crippen LogP contribution is -2.25. The topological polar surface area (TPSA) is 62.4 Å². The second-order valence-electron chi connectivity index (χ2n) is 3.64. The van der Waals surface area contributed by atoms with E-state index in [1.54, 1.807) is 0 Å². The standard InChI is InChI=1S/C11H25N3O2/c1-12-6-3-7-13-8-4-9-14-10-5-11(15)16-2/h12-14H,3-10H2,1-2H3. The van der Waals surface area contributed by atoms with Crippen molar-refractivity contribution in [1.82, 2.24) is 16.0 Å². The first-order chi connectivity index (χ1) is 7.81. The van der Waals surface area contributed by atoms with Crippen LogP contribution in [0.1, 0.15) is 19.3 Å². The molecular formula is C11H25N3O2. The van der Waals surface area contributed by atoms with E-state index in [1.165, 1.54) is 7.11 Å². The van der Waals surface area contributed by atoms with E-state index in [1.807, 2.05) is 7.05 Å². The zero-order valence-electron chi connectivity index (χ0n) is 10.5. The predicted molar refractivity (Wildman–Crippen MR) is 65.5 cm³/mol. The van der Waals surface area contributed by atoms with Gasteiger partial charge in [-0.05, 0) is 46.1 Å². The molecule has 0 saturated heterocycles. The molecule has 0 aliphatic rings. The van der Waals surface area contributed by atoms with E-state index < -0.39 is 0 Å². The van der Waals surface area contributed by atoms with Gasteiger partial charge in [0.15, 0.2) is 0 Å². The van der Waals surface area contributed by atoms with Gasteiger partial charge in [-0.15, -0.1) is 0 Å². The maximum Gasteiger partial charge on any atom is 0.306 e. The Balaban J connectivity index is 2.96. The van der Waals surface area contributed by atoms with Gasteiger partial charge in [0.25, 0.3) is 0 Å². The lowest BCUT2D eigenvalue weighted by molar-refractivity contribution is -0.140. The van der Waals surface area contributed by atoms with Gasteiger partial charge in [0.2, 0.25) is 0 Å². The quantitative estimate of drug-likeness (QED) is 0.337. The minimum Gasteiger partial charge on any atom is -0.469 e. The molecule has 0 bridgehead atoms. The van der Waals surface area contributed by atoms with Crippen LogP contribution in [0.4, 0.5) is 0 Å². The number of methoxy groups -OCH3 is 1. The molecule has 16 heavy (non-hydrogen) atoms. The molecule has 0 spiro atoms. The molecule has 0 aliphatic heterocycles. The summed E-state index contributed by atoms with van der Waals surface area (Å²) in [5.74, 6) is -0.155. The van der Waals surface area contributed by atoms with Gasteiger partial charge in [-0.1, -0.05) is 0 Å².